The van der Waals surface area contributed by atoms with Crippen LogP contribution in [0.2, 0.25) is 0 Å². The minimum Gasteiger partial charge on any atom is -0.324 e. The molecule has 0 aromatic heterocycles. The van der Waals surface area contributed by atoms with Crippen LogP contribution in [0.1, 0.15) is 48.9 Å². The number of hydrogen-bond donors (Lipinski definition) is 2. The molecule has 86 valence electrons. The van der Waals surface area contributed by atoms with Crippen LogP contribution in [0.25, 0.3) is 0 Å². The highest BCUT2D eigenvalue weighted by Crippen LogP contribution is 2.37. The molecule has 1 fully saturated rings. The molecule has 0 heterocycles. The molecule has 0 amide bonds. The molecule has 0 bridgehead atoms. The summed E-state index contributed by atoms with van der Waals surface area (Å²) >= 11 is 0. The summed E-state index contributed by atoms with van der Waals surface area (Å²) in [6, 6.07) is 9.33. The van der Waals surface area contributed by atoms with Crippen molar-refractivity contribution in [1.29, 1.82) is 0 Å². The Hall–Kier alpha value is -0.860. The molecule has 2 aliphatic rings. The molecule has 1 aromatic carbocycles. The lowest BCUT2D eigenvalue weighted by Gasteiger charge is -2.27. The van der Waals surface area contributed by atoms with E-state index in [0.717, 1.165) is 12.3 Å². The smallest absolute Gasteiger partial charge is 0.0341 e. The van der Waals surface area contributed by atoms with Gasteiger partial charge in [-0.05, 0) is 42.9 Å². The van der Waals surface area contributed by atoms with Crippen LogP contribution in [0.15, 0.2) is 24.3 Å². The summed E-state index contributed by atoms with van der Waals surface area (Å²) in [7, 11) is 0. The summed E-state index contributed by atoms with van der Waals surface area (Å²) in [6.45, 7) is 1.17. The molecular weight excluding hydrogens is 196 g/mol. The lowest BCUT2D eigenvalue weighted by Crippen LogP contribution is -2.29. The number of hydrogen-bond acceptors (Lipinski definition) is 2. The van der Waals surface area contributed by atoms with Gasteiger partial charge >= 0.3 is 0 Å². The standard InChI is InChI=1S/C14H20N2/c15-13-8-14(16-9-10-4-3-5-10)12-7-2-1-6-11(12)13/h1-2,6-7,10,13-14,16H,3-5,8-9,15H2. The zero-order chi connectivity index (χ0) is 11.0. The fourth-order valence-electron chi connectivity index (χ4n) is 2.87. The number of rotatable bonds is 3. The fourth-order valence-corrected chi connectivity index (χ4v) is 2.87. The van der Waals surface area contributed by atoms with E-state index in [1.807, 2.05) is 0 Å². The molecular formula is C14H20N2. The van der Waals surface area contributed by atoms with Crippen LogP contribution in [0.4, 0.5) is 0 Å². The van der Waals surface area contributed by atoms with E-state index in [4.69, 9.17) is 5.73 Å². The first-order chi connectivity index (χ1) is 7.84. The molecule has 0 saturated heterocycles. The van der Waals surface area contributed by atoms with Crippen molar-refractivity contribution in [2.75, 3.05) is 6.54 Å². The Labute approximate surface area is 97.2 Å². The maximum atomic E-state index is 6.15. The van der Waals surface area contributed by atoms with Crippen LogP contribution >= 0.6 is 0 Å². The lowest BCUT2D eigenvalue weighted by atomic mass is 9.85. The molecule has 0 radical (unpaired) electrons. The van der Waals surface area contributed by atoms with Gasteiger partial charge in [0.05, 0.1) is 0 Å². The van der Waals surface area contributed by atoms with Gasteiger partial charge in [0.1, 0.15) is 0 Å². The maximum absolute atomic E-state index is 6.15. The van der Waals surface area contributed by atoms with Crippen molar-refractivity contribution in [2.45, 2.75) is 37.8 Å². The summed E-state index contributed by atoms with van der Waals surface area (Å²) in [5.74, 6) is 0.920. The lowest BCUT2D eigenvalue weighted by molar-refractivity contribution is 0.287. The van der Waals surface area contributed by atoms with E-state index in [1.165, 1.54) is 36.9 Å². The van der Waals surface area contributed by atoms with E-state index in [1.54, 1.807) is 0 Å². The van der Waals surface area contributed by atoms with Crippen LogP contribution in [0, 0.1) is 5.92 Å². The third kappa shape index (κ3) is 1.76. The highest BCUT2D eigenvalue weighted by atomic mass is 14.9. The highest BCUT2D eigenvalue weighted by molar-refractivity contribution is 5.37. The normalized spacial score (nSPS) is 28.8. The Bertz CT molecular complexity index is 371. The zero-order valence-electron chi connectivity index (χ0n) is 9.65. The van der Waals surface area contributed by atoms with Gasteiger partial charge in [0, 0.05) is 12.1 Å². The maximum Gasteiger partial charge on any atom is 0.0341 e. The van der Waals surface area contributed by atoms with E-state index in [-0.39, 0.29) is 6.04 Å². The number of benzene rings is 1. The van der Waals surface area contributed by atoms with Crippen molar-refractivity contribution in [1.82, 2.24) is 5.32 Å². The Kier molecular flexibility index (Phi) is 2.70. The van der Waals surface area contributed by atoms with Crippen LogP contribution in [-0.2, 0) is 0 Å². The van der Waals surface area contributed by atoms with E-state index >= 15 is 0 Å². The molecule has 2 nitrogen and oxygen atoms in total. The first-order valence-corrected chi connectivity index (χ1v) is 6.42. The SMILES string of the molecule is NC1CC(NCC2CCC2)c2ccccc21. The molecule has 1 aromatic rings. The molecule has 3 N–H and O–H groups in total. The average Bonchev–Trinajstić information content (AvgIpc) is 2.55. The Morgan fingerprint density at radius 1 is 1.19 bits per heavy atom. The first-order valence-electron chi connectivity index (χ1n) is 6.42. The predicted molar refractivity (Wildman–Crippen MR) is 66.1 cm³/mol. The van der Waals surface area contributed by atoms with Crippen molar-refractivity contribution >= 4 is 0 Å². The third-order valence-electron chi connectivity index (χ3n) is 4.14. The fraction of sp³-hybridized carbons (Fsp3) is 0.571. The number of nitrogens with two attached hydrogens (primary N) is 1. The van der Waals surface area contributed by atoms with Gasteiger partial charge in [0.15, 0.2) is 0 Å². The van der Waals surface area contributed by atoms with E-state index in [2.05, 4.69) is 29.6 Å². The molecule has 1 saturated carbocycles. The van der Waals surface area contributed by atoms with Crippen LogP contribution in [0.5, 0.6) is 0 Å². The van der Waals surface area contributed by atoms with Crippen molar-refractivity contribution in [3.05, 3.63) is 35.4 Å². The summed E-state index contributed by atoms with van der Waals surface area (Å²) < 4.78 is 0. The van der Waals surface area contributed by atoms with Crippen LogP contribution < -0.4 is 11.1 Å². The second kappa shape index (κ2) is 4.19. The minimum atomic E-state index is 0.232. The van der Waals surface area contributed by atoms with Crippen molar-refractivity contribution in [3.8, 4) is 0 Å². The zero-order valence-corrected chi connectivity index (χ0v) is 9.65. The van der Waals surface area contributed by atoms with Crippen molar-refractivity contribution in [2.24, 2.45) is 11.7 Å². The molecule has 16 heavy (non-hydrogen) atoms. The average molecular weight is 216 g/mol. The summed E-state index contributed by atoms with van der Waals surface area (Å²) in [5.41, 5.74) is 8.92. The topological polar surface area (TPSA) is 38.0 Å². The van der Waals surface area contributed by atoms with Crippen LogP contribution in [0.3, 0.4) is 0 Å². The molecule has 2 unspecified atom stereocenters. The van der Waals surface area contributed by atoms with Gasteiger partial charge in [-0.25, -0.2) is 0 Å². The molecule has 0 aliphatic heterocycles. The Morgan fingerprint density at radius 3 is 2.62 bits per heavy atom. The van der Waals surface area contributed by atoms with Crippen molar-refractivity contribution in [3.63, 3.8) is 0 Å². The second-order valence-corrected chi connectivity index (χ2v) is 5.23. The third-order valence-corrected chi connectivity index (χ3v) is 4.14. The van der Waals surface area contributed by atoms with Gasteiger partial charge in [-0.2, -0.15) is 0 Å². The predicted octanol–water partition coefficient (Wildman–Crippen LogP) is 2.52. The monoisotopic (exact) mass is 216 g/mol. The molecule has 2 atom stereocenters. The minimum absolute atomic E-state index is 0.232. The Balaban J connectivity index is 1.68. The summed E-state index contributed by atoms with van der Waals surface area (Å²) in [5, 5.41) is 3.69. The molecule has 2 aliphatic carbocycles. The van der Waals surface area contributed by atoms with Gasteiger partial charge in [0.25, 0.3) is 0 Å². The molecule has 2 heteroatoms. The summed E-state index contributed by atoms with van der Waals surface area (Å²) in [4.78, 5) is 0. The van der Waals surface area contributed by atoms with Crippen LogP contribution in [-0.4, -0.2) is 6.54 Å². The van der Waals surface area contributed by atoms with Gasteiger partial charge in [0.2, 0.25) is 0 Å². The first kappa shape index (κ1) is 10.3. The Morgan fingerprint density at radius 2 is 1.94 bits per heavy atom. The van der Waals surface area contributed by atoms with Crippen molar-refractivity contribution < 1.29 is 0 Å². The molecule has 0 spiro atoms. The largest absolute Gasteiger partial charge is 0.324 e. The van der Waals surface area contributed by atoms with E-state index in [0.29, 0.717) is 6.04 Å². The summed E-state index contributed by atoms with van der Waals surface area (Å²) in [6.07, 6.45) is 5.31. The van der Waals surface area contributed by atoms with Gasteiger partial charge in [-0.3, -0.25) is 0 Å². The van der Waals surface area contributed by atoms with E-state index in [9.17, 15) is 0 Å². The number of fused-ring (bicyclic) bond motifs is 1. The van der Waals surface area contributed by atoms with Gasteiger partial charge < -0.3 is 11.1 Å². The number of nitrogens with one attached hydrogen (secondary N) is 1. The van der Waals surface area contributed by atoms with E-state index < -0.39 is 0 Å². The highest BCUT2D eigenvalue weighted by Gasteiger charge is 2.28. The quantitative estimate of drug-likeness (QED) is 0.814. The molecule has 3 rings (SSSR count). The second-order valence-electron chi connectivity index (χ2n) is 5.23. The van der Waals surface area contributed by atoms with Gasteiger partial charge in [-0.1, -0.05) is 30.7 Å². The van der Waals surface area contributed by atoms with Gasteiger partial charge in [-0.15, -0.1) is 0 Å².